The summed E-state index contributed by atoms with van der Waals surface area (Å²) >= 11 is 0. The molecule has 0 radical (unpaired) electrons. The fourth-order valence-corrected chi connectivity index (χ4v) is 3.08. The third kappa shape index (κ3) is 4.24. The third-order valence-corrected chi connectivity index (χ3v) is 4.25. The fraction of sp³-hybridized carbons (Fsp3) is 0.562. The van der Waals surface area contributed by atoms with Crippen LogP contribution in [-0.2, 0) is 4.79 Å². The first-order valence-corrected chi connectivity index (χ1v) is 7.45. The molecule has 2 N–H and O–H groups in total. The van der Waals surface area contributed by atoms with Crippen LogP contribution in [0.2, 0.25) is 0 Å². The Labute approximate surface area is 124 Å². The molecule has 2 unspecified atom stereocenters. The second-order valence-corrected chi connectivity index (χ2v) is 5.96. The fourth-order valence-electron chi connectivity index (χ4n) is 3.08. The van der Waals surface area contributed by atoms with Crippen LogP contribution in [0, 0.1) is 23.5 Å². The summed E-state index contributed by atoms with van der Waals surface area (Å²) in [6.07, 6.45) is 3.56. The van der Waals surface area contributed by atoms with E-state index in [0.717, 1.165) is 25.0 Å². The van der Waals surface area contributed by atoms with Crippen molar-refractivity contribution in [3.63, 3.8) is 0 Å². The molecule has 21 heavy (non-hydrogen) atoms. The molecule has 0 aromatic heterocycles. The van der Waals surface area contributed by atoms with Gasteiger partial charge in [0.2, 0.25) is 5.91 Å². The maximum Gasteiger partial charge on any atom is 0.238 e. The van der Waals surface area contributed by atoms with Gasteiger partial charge in [0.1, 0.15) is 11.6 Å². The van der Waals surface area contributed by atoms with Gasteiger partial charge in [0, 0.05) is 12.1 Å². The molecule has 1 aliphatic carbocycles. The van der Waals surface area contributed by atoms with Gasteiger partial charge >= 0.3 is 0 Å². The first kappa shape index (κ1) is 15.9. The van der Waals surface area contributed by atoms with Crippen molar-refractivity contribution in [1.82, 2.24) is 5.32 Å². The number of amides is 1. The molecule has 5 heteroatoms. The second-order valence-electron chi connectivity index (χ2n) is 5.96. The zero-order chi connectivity index (χ0) is 15.4. The molecule has 0 spiro atoms. The molecule has 1 aliphatic rings. The van der Waals surface area contributed by atoms with Crippen LogP contribution in [0.5, 0.6) is 0 Å². The quantitative estimate of drug-likeness (QED) is 0.895. The van der Waals surface area contributed by atoms with Gasteiger partial charge in [0.05, 0.1) is 12.2 Å². The monoisotopic (exact) mass is 296 g/mol. The normalized spacial score (nSPS) is 25.6. The second kappa shape index (κ2) is 6.98. The largest absolute Gasteiger partial charge is 0.322 e. The number of benzene rings is 1. The molecule has 0 aliphatic heterocycles. The molecule has 2 atom stereocenters. The standard InChI is InChI=1S/C16H22F2N2O/c1-10-4-3-5-11(2)16(10)19-9-15(21)20-14-7-6-12(17)8-13(14)18/h6-8,10-11,16,19H,3-5,9H2,1-2H3,(H,20,21). The molecule has 2 rings (SSSR count). The smallest absolute Gasteiger partial charge is 0.238 e. The molecule has 3 nitrogen and oxygen atoms in total. The zero-order valence-electron chi connectivity index (χ0n) is 12.5. The summed E-state index contributed by atoms with van der Waals surface area (Å²) in [4.78, 5) is 11.9. The summed E-state index contributed by atoms with van der Waals surface area (Å²) in [7, 11) is 0. The van der Waals surface area contributed by atoms with Gasteiger partial charge in [-0.3, -0.25) is 4.79 Å². The minimum Gasteiger partial charge on any atom is -0.322 e. The van der Waals surface area contributed by atoms with Crippen LogP contribution in [0.3, 0.4) is 0 Å². The molecule has 0 bridgehead atoms. The number of anilines is 1. The van der Waals surface area contributed by atoms with E-state index in [1.54, 1.807) is 0 Å². The summed E-state index contributed by atoms with van der Waals surface area (Å²) in [5.41, 5.74) is 0.00735. The first-order chi connectivity index (χ1) is 9.97. The Balaban J connectivity index is 1.87. The number of hydrogen-bond acceptors (Lipinski definition) is 2. The van der Waals surface area contributed by atoms with E-state index in [4.69, 9.17) is 0 Å². The molecule has 1 fully saturated rings. The van der Waals surface area contributed by atoms with Gasteiger partial charge in [-0.1, -0.05) is 20.3 Å². The Hall–Kier alpha value is -1.49. The Morgan fingerprint density at radius 1 is 1.24 bits per heavy atom. The van der Waals surface area contributed by atoms with Gasteiger partial charge in [0.15, 0.2) is 0 Å². The lowest BCUT2D eigenvalue weighted by molar-refractivity contribution is -0.115. The van der Waals surface area contributed by atoms with E-state index in [0.29, 0.717) is 17.9 Å². The lowest BCUT2D eigenvalue weighted by Crippen LogP contribution is -2.45. The molecule has 1 amide bonds. The minimum atomic E-state index is -0.761. The highest BCUT2D eigenvalue weighted by Gasteiger charge is 2.27. The Morgan fingerprint density at radius 3 is 2.52 bits per heavy atom. The lowest BCUT2D eigenvalue weighted by Gasteiger charge is -2.35. The van der Waals surface area contributed by atoms with Gasteiger partial charge in [-0.25, -0.2) is 8.78 Å². The van der Waals surface area contributed by atoms with Crippen molar-refractivity contribution in [2.75, 3.05) is 11.9 Å². The molecule has 0 heterocycles. The van der Waals surface area contributed by atoms with Gasteiger partial charge in [-0.05, 0) is 36.8 Å². The van der Waals surface area contributed by atoms with E-state index in [2.05, 4.69) is 24.5 Å². The summed E-state index contributed by atoms with van der Waals surface area (Å²) < 4.78 is 26.3. The highest BCUT2D eigenvalue weighted by molar-refractivity contribution is 5.92. The molecule has 0 saturated heterocycles. The van der Waals surface area contributed by atoms with Crippen molar-refractivity contribution >= 4 is 11.6 Å². The van der Waals surface area contributed by atoms with Gasteiger partial charge in [-0.15, -0.1) is 0 Å². The van der Waals surface area contributed by atoms with Crippen LogP contribution >= 0.6 is 0 Å². The minimum absolute atomic E-state index is 0.00735. The Morgan fingerprint density at radius 2 is 1.90 bits per heavy atom. The van der Waals surface area contributed by atoms with Crippen molar-refractivity contribution in [1.29, 1.82) is 0 Å². The van der Waals surface area contributed by atoms with Gasteiger partial charge < -0.3 is 10.6 Å². The zero-order valence-corrected chi connectivity index (χ0v) is 12.5. The summed E-state index contributed by atoms with van der Waals surface area (Å²) in [5.74, 6) is -0.671. The maximum absolute atomic E-state index is 13.5. The number of hydrogen-bond donors (Lipinski definition) is 2. The molecular formula is C16H22F2N2O. The predicted octanol–water partition coefficient (Wildman–Crippen LogP) is 3.32. The van der Waals surface area contributed by atoms with E-state index < -0.39 is 11.6 Å². The number of carbonyl (C=O) groups is 1. The molecule has 1 saturated carbocycles. The lowest BCUT2D eigenvalue weighted by atomic mass is 9.79. The number of nitrogens with one attached hydrogen (secondary N) is 2. The summed E-state index contributed by atoms with van der Waals surface area (Å²) in [6, 6.07) is 3.42. The van der Waals surface area contributed by atoms with Gasteiger partial charge in [0.25, 0.3) is 0 Å². The van der Waals surface area contributed by atoms with Crippen LogP contribution in [0.4, 0.5) is 14.5 Å². The maximum atomic E-state index is 13.5. The molecule has 1 aromatic carbocycles. The highest BCUT2D eigenvalue weighted by atomic mass is 19.1. The predicted molar refractivity (Wildman–Crippen MR) is 79.0 cm³/mol. The van der Waals surface area contributed by atoms with E-state index in [1.807, 2.05) is 0 Å². The van der Waals surface area contributed by atoms with Crippen LogP contribution in [0.25, 0.3) is 0 Å². The molecular weight excluding hydrogens is 274 g/mol. The van der Waals surface area contributed by atoms with Crippen molar-refractivity contribution in [2.45, 2.75) is 39.2 Å². The van der Waals surface area contributed by atoms with Crippen LogP contribution < -0.4 is 10.6 Å². The van der Waals surface area contributed by atoms with Crippen molar-refractivity contribution in [3.05, 3.63) is 29.8 Å². The van der Waals surface area contributed by atoms with Crippen LogP contribution in [0.1, 0.15) is 33.1 Å². The average molecular weight is 296 g/mol. The van der Waals surface area contributed by atoms with Crippen LogP contribution in [-0.4, -0.2) is 18.5 Å². The number of halogens is 2. The summed E-state index contributed by atoms with van der Waals surface area (Å²) in [5, 5.41) is 5.73. The molecule has 116 valence electrons. The average Bonchev–Trinajstić information content (AvgIpc) is 2.41. The number of carbonyl (C=O) groups excluding carboxylic acids is 1. The van der Waals surface area contributed by atoms with E-state index in [9.17, 15) is 13.6 Å². The Kier molecular flexibility index (Phi) is 5.28. The van der Waals surface area contributed by atoms with E-state index >= 15 is 0 Å². The summed E-state index contributed by atoms with van der Waals surface area (Å²) in [6.45, 7) is 4.51. The first-order valence-electron chi connectivity index (χ1n) is 7.45. The third-order valence-electron chi connectivity index (χ3n) is 4.25. The highest BCUT2D eigenvalue weighted by Crippen LogP contribution is 2.28. The van der Waals surface area contributed by atoms with Crippen LogP contribution in [0.15, 0.2) is 18.2 Å². The number of rotatable bonds is 4. The van der Waals surface area contributed by atoms with Crippen molar-refractivity contribution < 1.29 is 13.6 Å². The van der Waals surface area contributed by atoms with Crippen molar-refractivity contribution in [3.8, 4) is 0 Å². The Bertz CT molecular complexity index is 497. The van der Waals surface area contributed by atoms with E-state index in [1.165, 1.54) is 12.5 Å². The SMILES string of the molecule is CC1CCCC(C)C1NCC(=O)Nc1ccc(F)cc1F. The molecule has 1 aromatic rings. The topological polar surface area (TPSA) is 41.1 Å². The van der Waals surface area contributed by atoms with E-state index in [-0.39, 0.29) is 18.1 Å². The van der Waals surface area contributed by atoms with Crippen molar-refractivity contribution in [2.24, 2.45) is 11.8 Å². The van der Waals surface area contributed by atoms with Gasteiger partial charge in [-0.2, -0.15) is 0 Å².